The molecule has 1 aromatic rings. The maximum atomic E-state index is 4.10. The molecule has 1 aromatic heterocycles. The lowest BCUT2D eigenvalue weighted by Gasteiger charge is -2.37. The average molecular weight is 238 g/mol. The van der Waals surface area contributed by atoms with Gasteiger partial charge >= 0.3 is 0 Å². The van der Waals surface area contributed by atoms with E-state index in [1.165, 1.54) is 11.3 Å². The fourth-order valence-corrected chi connectivity index (χ4v) is 3.38. The normalized spacial score (nSPS) is 24.2. The predicted molar refractivity (Wildman–Crippen MR) is 67.6 cm³/mol. The molecular formula is C11H18N4S. The first-order valence-corrected chi connectivity index (χ1v) is 6.68. The molecule has 0 aliphatic carbocycles. The quantitative estimate of drug-likeness (QED) is 0.843. The highest BCUT2D eigenvalue weighted by molar-refractivity contribution is 7.99. The molecule has 1 aliphatic rings. The van der Waals surface area contributed by atoms with Crippen LogP contribution >= 0.6 is 11.8 Å². The molecule has 0 bridgehead atoms. The summed E-state index contributed by atoms with van der Waals surface area (Å²) in [5, 5.41) is 3.38. The Morgan fingerprint density at radius 3 is 2.88 bits per heavy atom. The van der Waals surface area contributed by atoms with Gasteiger partial charge in [0.2, 0.25) is 0 Å². The van der Waals surface area contributed by atoms with Gasteiger partial charge in [-0.15, -0.1) is 0 Å². The number of hydrogen-bond donors (Lipinski definition) is 1. The van der Waals surface area contributed by atoms with Crippen molar-refractivity contribution < 1.29 is 0 Å². The first-order valence-electron chi connectivity index (χ1n) is 5.53. The summed E-state index contributed by atoms with van der Waals surface area (Å²) in [4.78, 5) is 10.6. The first kappa shape index (κ1) is 11.8. The maximum absolute atomic E-state index is 4.10. The van der Waals surface area contributed by atoms with Crippen molar-refractivity contribution in [1.29, 1.82) is 0 Å². The van der Waals surface area contributed by atoms with Gasteiger partial charge in [0.15, 0.2) is 0 Å². The van der Waals surface area contributed by atoms with Crippen LogP contribution < -0.4 is 5.32 Å². The lowest BCUT2D eigenvalue weighted by molar-refractivity contribution is 0.221. The van der Waals surface area contributed by atoms with Crippen molar-refractivity contribution >= 4 is 11.8 Å². The molecule has 0 amide bonds. The molecule has 2 atom stereocenters. The third-order valence-corrected chi connectivity index (χ3v) is 4.13. The van der Waals surface area contributed by atoms with Crippen LogP contribution in [-0.4, -0.2) is 53.1 Å². The molecule has 0 spiro atoms. The molecule has 1 N–H and O–H groups in total. The third-order valence-electron chi connectivity index (χ3n) is 3.08. The summed E-state index contributed by atoms with van der Waals surface area (Å²) in [7, 11) is 4.20. The summed E-state index contributed by atoms with van der Waals surface area (Å²) in [5.41, 5.74) is 1.17. The molecule has 0 radical (unpaired) electrons. The largest absolute Gasteiger partial charge is 0.312 e. The SMILES string of the molecule is CNC(c1cncnc1)C1CSCCN1C. The van der Waals surface area contributed by atoms with Crippen molar-refractivity contribution in [3.63, 3.8) is 0 Å². The molecule has 2 rings (SSSR count). The van der Waals surface area contributed by atoms with Crippen LogP contribution in [0.5, 0.6) is 0 Å². The lowest BCUT2D eigenvalue weighted by atomic mass is 10.0. The Morgan fingerprint density at radius 1 is 1.50 bits per heavy atom. The van der Waals surface area contributed by atoms with Crippen molar-refractivity contribution in [3.8, 4) is 0 Å². The summed E-state index contributed by atoms with van der Waals surface area (Å²) < 4.78 is 0. The van der Waals surface area contributed by atoms with E-state index in [-0.39, 0.29) is 0 Å². The zero-order valence-electron chi connectivity index (χ0n) is 9.76. The first-order chi connectivity index (χ1) is 7.83. The van der Waals surface area contributed by atoms with Crippen LogP contribution in [0.25, 0.3) is 0 Å². The van der Waals surface area contributed by atoms with Crippen LogP contribution in [0.3, 0.4) is 0 Å². The van der Waals surface area contributed by atoms with Gasteiger partial charge in [0.05, 0.1) is 6.04 Å². The fourth-order valence-electron chi connectivity index (χ4n) is 2.11. The number of nitrogens with one attached hydrogen (secondary N) is 1. The number of thioether (sulfide) groups is 1. The molecule has 1 aliphatic heterocycles. The Labute approximate surface area is 101 Å². The van der Waals surface area contributed by atoms with E-state index in [4.69, 9.17) is 0 Å². The minimum Gasteiger partial charge on any atom is -0.312 e. The van der Waals surface area contributed by atoms with E-state index < -0.39 is 0 Å². The highest BCUT2D eigenvalue weighted by Crippen LogP contribution is 2.25. The van der Waals surface area contributed by atoms with Crippen molar-refractivity contribution in [3.05, 3.63) is 24.3 Å². The van der Waals surface area contributed by atoms with E-state index >= 15 is 0 Å². The highest BCUT2D eigenvalue weighted by atomic mass is 32.2. The Balaban J connectivity index is 2.15. The summed E-state index contributed by atoms with van der Waals surface area (Å²) in [5.74, 6) is 2.39. The van der Waals surface area contributed by atoms with Gasteiger partial charge in [0, 0.05) is 42.0 Å². The molecule has 88 valence electrons. The van der Waals surface area contributed by atoms with E-state index in [1.807, 2.05) is 31.2 Å². The van der Waals surface area contributed by atoms with Crippen molar-refractivity contribution in [2.24, 2.45) is 0 Å². The summed E-state index contributed by atoms with van der Waals surface area (Å²) in [6, 6.07) is 0.841. The van der Waals surface area contributed by atoms with Crippen molar-refractivity contribution in [2.45, 2.75) is 12.1 Å². The molecule has 1 saturated heterocycles. The molecule has 2 unspecified atom stereocenters. The molecule has 1 fully saturated rings. The zero-order chi connectivity index (χ0) is 11.4. The molecule has 0 aromatic carbocycles. The highest BCUT2D eigenvalue weighted by Gasteiger charge is 2.28. The second kappa shape index (κ2) is 5.61. The standard InChI is InChI=1S/C11H18N4S/c1-12-11(9-5-13-8-14-6-9)10-7-16-4-3-15(10)2/h5-6,8,10-12H,3-4,7H2,1-2H3. The number of hydrogen-bond acceptors (Lipinski definition) is 5. The van der Waals surface area contributed by atoms with E-state index in [0.29, 0.717) is 12.1 Å². The minimum absolute atomic E-state index is 0.319. The van der Waals surface area contributed by atoms with Crippen LogP contribution in [0.2, 0.25) is 0 Å². The lowest BCUT2D eigenvalue weighted by Crippen LogP contribution is -2.47. The molecule has 5 heteroatoms. The number of likely N-dealkylation sites (N-methyl/N-ethyl adjacent to an activating group) is 2. The molecule has 2 heterocycles. The van der Waals surface area contributed by atoms with Crippen LogP contribution in [0.4, 0.5) is 0 Å². The Hall–Kier alpha value is -0.650. The van der Waals surface area contributed by atoms with E-state index in [9.17, 15) is 0 Å². The third kappa shape index (κ3) is 2.53. The summed E-state index contributed by atoms with van der Waals surface area (Å²) >= 11 is 2.02. The van der Waals surface area contributed by atoms with E-state index in [0.717, 1.165) is 12.3 Å². The van der Waals surface area contributed by atoms with Gasteiger partial charge in [-0.2, -0.15) is 11.8 Å². The smallest absolute Gasteiger partial charge is 0.115 e. The second-order valence-electron chi connectivity index (χ2n) is 4.06. The molecule has 16 heavy (non-hydrogen) atoms. The van der Waals surface area contributed by atoms with Gasteiger partial charge in [-0.1, -0.05) is 0 Å². The van der Waals surface area contributed by atoms with Gasteiger partial charge in [0.25, 0.3) is 0 Å². The van der Waals surface area contributed by atoms with Crippen LogP contribution in [0.1, 0.15) is 11.6 Å². The average Bonchev–Trinajstić information content (AvgIpc) is 2.34. The van der Waals surface area contributed by atoms with Crippen molar-refractivity contribution in [2.75, 3.05) is 32.1 Å². The van der Waals surface area contributed by atoms with Gasteiger partial charge in [-0.25, -0.2) is 9.97 Å². The van der Waals surface area contributed by atoms with Crippen molar-refractivity contribution in [1.82, 2.24) is 20.2 Å². The molecule has 0 saturated carbocycles. The monoisotopic (exact) mass is 238 g/mol. The molecule has 4 nitrogen and oxygen atoms in total. The molecular weight excluding hydrogens is 220 g/mol. The Morgan fingerprint density at radius 2 is 2.25 bits per heavy atom. The number of aromatic nitrogens is 2. The maximum Gasteiger partial charge on any atom is 0.115 e. The predicted octanol–water partition coefficient (Wildman–Crippen LogP) is 0.784. The topological polar surface area (TPSA) is 41.1 Å². The van der Waals surface area contributed by atoms with E-state index in [2.05, 4.69) is 27.2 Å². The Bertz CT molecular complexity index is 319. The minimum atomic E-state index is 0.319. The van der Waals surface area contributed by atoms with Gasteiger partial charge in [-0.3, -0.25) is 4.90 Å². The van der Waals surface area contributed by atoms with E-state index in [1.54, 1.807) is 6.33 Å². The van der Waals surface area contributed by atoms with Crippen LogP contribution in [0, 0.1) is 0 Å². The Kier molecular flexibility index (Phi) is 4.15. The van der Waals surface area contributed by atoms with Gasteiger partial charge in [-0.05, 0) is 14.1 Å². The van der Waals surface area contributed by atoms with Gasteiger partial charge in [0.1, 0.15) is 6.33 Å². The fraction of sp³-hybridized carbons (Fsp3) is 0.636. The zero-order valence-corrected chi connectivity index (χ0v) is 10.6. The van der Waals surface area contributed by atoms with Crippen LogP contribution in [0.15, 0.2) is 18.7 Å². The summed E-state index contributed by atoms with van der Waals surface area (Å²) in [6.07, 6.45) is 5.39. The second-order valence-corrected chi connectivity index (χ2v) is 5.21. The number of nitrogens with zero attached hydrogens (tertiary/aromatic N) is 3. The van der Waals surface area contributed by atoms with Crippen LogP contribution in [-0.2, 0) is 0 Å². The number of rotatable bonds is 3. The summed E-state index contributed by atoms with van der Waals surface area (Å²) in [6.45, 7) is 1.15. The van der Waals surface area contributed by atoms with Gasteiger partial charge < -0.3 is 5.32 Å².